The number of imidazole rings is 1. The van der Waals surface area contributed by atoms with Crippen molar-refractivity contribution < 1.29 is 5.11 Å². The molecule has 0 spiro atoms. The lowest BCUT2D eigenvalue weighted by Crippen LogP contribution is -2.23. The second-order valence-electron chi connectivity index (χ2n) is 3.41. The van der Waals surface area contributed by atoms with Gasteiger partial charge in [-0.15, -0.1) is 0 Å². The van der Waals surface area contributed by atoms with Gasteiger partial charge in [-0.3, -0.25) is 0 Å². The van der Waals surface area contributed by atoms with Gasteiger partial charge in [-0.25, -0.2) is 4.98 Å². The molecule has 1 aromatic rings. The highest BCUT2D eigenvalue weighted by atomic mass is 16.3. The Labute approximate surface area is 72.0 Å². The van der Waals surface area contributed by atoms with Crippen LogP contribution in [0, 0.1) is 5.92 Å². The molecule has 3 heteroatoms. The number of aromatic nitrogens is 2. The van der Waals surface area contributed by atoms with Crippen LogP contribution < -0.4 is 0 Å². The molecule has 2 rings (SSSR count). The monoisotopic (exact) mass is 166 g/mol. The van der Waals surface area contributed by atoms with Crippen LogP contribution in [0.3, 0.4) is 0 Å². The number of aryl methyl sites for hydroxylation is 1. The Morgan fingerprint density at radius 1 is 1.75 bits per heavy atom. The zero-order chi connectivity index (χ0) is 8.55. The van der Waals surface area contributed by atoms with E-state index in [1.807, 2.05) is 4.57 Å². The highest BCUT2D eigenvalue weighted by Gasteiger charge is 2.26. The van der Waals surface area contributed by atoms with Crippen molar-refractivity contribution in [3.05, 3.63) is 18.2 Å². The standard InChI is InChI=1S/C9H14N2O/c1-2-7-3-4-11-6-10-5-8(11)9(7)12/h5-7,9,12H,2-4H2,1H3. The molecule has 0 aliphatic carbocycles. The quantitative estimate of drug-likeness (QED) is 0.683. The average Bonchev–Trinajstić information content (AvgIpc) is 2.53. The molecule has 0 radical (unpaired) electrons. The van der Waals surface area contributed by atoms with Gasteiger partial charge < -0.3 is 9.67 Å². The number of fused-ring (bicyclic) bond motifs is 1. The van der Waals surface area contributed by atoms with Gasteiger partial charge in [-0.05, 0) is 12.3 Å². The zero-order valence-electron chi connectivity index (χ0n) is 7.27. The Balaban J connectivity index is 2.29. The van der Waals surface area contributed by atoms with Gasteiger partial charge in [0.25, 0.3) is 0 Å². The van der Waals surface area contributed by atoms with Gasteiger partial charge >= 0.3 is 0 Å². The van der Waals surface area contributed by atoms with E-state index in [0.717, 1.165) is 25.1 Å². The maximum Gasteiger partial charge on any atom is 0.0984 e. The summed E-state index contributed by atoms with van der Waals surface area (Å²) >= 11 is 0. The Hall–Kier alpha value is -0.830. The van der Waals surface area contributed by atoms with Crippen LogP contribution in [0.4, 0.5) is 0 Å². The van der Waals surface area contributed by atoms with E-state index in [9.17, 15) is 5.11 Å². The number of hydrogen-bond acceptors (Lipinski definition) is 2. The number of nitrogens with zero attached hydrogens (tertiary/aromatic N) is 2. The van der Waals surface area contributed by atoms with Gasteiger partial charge in [-0.2, -0.15) is 0 Å². The molecular weight excluding hydrogens is 152 g/mol. The molecule has 0 bridgehead atoms. The molecule has 1 N–H and O–H groups in total. The van der Waals surface area contributed by atoms with Crippen LogP contribution in [0.1, 0.15) is 31.6 Å². The zero-order valence-corrected chi connectivity index (χ0v) is 7.27. The predicted molar refractivity (Wildman–Crippen MR) is 45.6 cm³/mol. The first-order valence-electron chi connectivity index (χ1n) is 4.51. The molecular formula is C9H14N2O. The van der Waals surface area contributed by atoms with Crippen molar-refractivity contribution in [3.63, 3.8) is 0 Å². The van der Waals surface area contributed by atoms with E-state index in [2.05, 4.69) is 11.9 Å². The van der Waals surface area contributed by atoms with Crippen LogP contribution in [0.5, 0.6) is 0 Å². The maximum absolute atomic E-state index is 9.85. The van der Waals surface area contributed by atoms with Crippen LogP contribution >= 0.6 is 0 Å². The summed E-state index contributed by atoms with van der Waals surface area (Å²) in [6, 6.07) is 0. The summed E-state index contributed by atoms with van der Waals surface area (Å²) < 4.78 is 2.04. The molecule has 2 unspecified atom stereocenters. The summed E-state index contributed by atoms with van der Waals surface area (Å²) in [5.41, 5.74) is 0.980. The lowest BCUT2D eigenvalue weighted by atomic mass is 9.91. The van der Waals surface area contributed by atoms with Crippen LogP contribution in [-0.4, -0.2) is 14.7 Å². The second-order valence-corrected chi connectivity index (χ2v) is 3.41. The molecule has 1 aliphatic heterocycles. The van der Waals surface area contributed by atoms with Gasteiger partial charge in [0.1, 0.15) is 0 Å². The first kappa shape index (κ1) is 7.80. The summed E-state index contributed by atoms with van der Waals surface area (Å²) in [5.74, 6) is 0.425. The summed E-state index contributed by atoms with van der Waals surface area (Å²) in [7, 11) is 0. The Morgan fingerprint density at radius 2 is 2.58 bits per heavy atom. The number of aliphatic hydroxyl groups is 1. The minimum atomic E-state index is -0.300. The molecule has 66 valence electrons. The lowest BCUT2D eigenvalue weighted by Gasteiger charge is -2.27. The minimum absolute atomic E-state index is 0.300. The van der Waals surface area contributed by atoms with E-state index >= 15 is 0 Å². The average molecular weight is 166 g/mol. The van der Waals surface area contributed by atoms with E-state index in [0.29, 0.717) is 5.92 Å². The highest BCUT2D eigenvalue weighted by molar-refractivity contribution is 5.06. The Kier molecular flexibility index (Phi) is 1.89. The van der Waals surface area contributed by atoms with Gasteiger partial charge in [0.05, 0.1) is 24.3 Å². The molecule has 0 saturated carbocycles. The van der Waals surface area contributed by atoms with Crippen LogP contribution in [-0.2, 0) is 6.54 Å². The van der Waals surface area contributed by atoms with Gasteiger partial charge in [-0.1, -0.05) is 13.3 Å². The maximum atomic E-state index is 9.85. The summed E-state index contributed by atoms with van der Waals surface area (Å²) in [6.45, 7) is 3.13. The fourth-order valence-corrected chi connectivity index (χ4v) is 1.90. The topological polar surface area (TPSA) is 38.0 Å². The van der Waals surface area contributed by atoms with Gasteiger partial charge in [0.15, 0.2) is 0 Å². The van der Waals surface area contributed by atoms with Crippen molar-refractivity contribution in [1.29, 1.82) is 0 Å². The fourth-order valence-electron chi connectivity index (χ4n) is 1.90. The lowest BCUT2D eigenvalue weighted by molar-refractivity contribution is 0.0741. The third kappa shape index (κ3) is 1.05. The molecule has 1 aliphatic rings. The van der Waals surface area contributed by atoms with Crippen molar-refractivity contribution >= 4 is 0 Å². The first-order valence-corrected chi connectivity index (χ1v) is 4.51. The summed E-state index contributed by atoms with van der Waals surface area (Å²) in [6.07, 6.45) is 5.39. The van der Waals surface area contributed by atoms with Crippen molar-refractivity contribution in [3.8, 4) is 0 Å². The Bertz CT molecular complexity index is 269. The molecule has 2 heterocycles. The normalized spacial score (nSPS) is 28.5. The van der Waals surface area contributed by atoms with Crippen molar-refractivity contribution in [2.75, 3.05) is 0 Å². The predicted octanol–water partition coefficient (Wildman–Crippen LogP) is 1.35. The molecule has 2 atom stereocenters. The van der Waals surface area contributed by atoms with E-state index < -0.39 is 0 Å². The van der Waals surface area contributed by atoms with Crippen LogP contribution in [0.25, 0.3) is 0 Å². The molecule has 0 amide bonds. The van der Waals surface area contributed by atoms with Crippen LogP contribution in [0.2, 0.25) is 0 Å². The minimum Gasteiger partial charge on any atom is -0.387 e. The first-order chi connectivity index (χ1) is 5.83. The fraction of sp³-hybridized carbons (Fsp3) is 0.667. The molecule has 0 saturated heterocycles. The highest BCUT2D eigenvalue weighted by Crippen LogP contribution is 2.31. The number of aliphatic hydroxyl groups excluding tert-OH is 1. The third-order valence-electron chi connectivity index (χ3n) is 2.76. The summed E-state index contributed by atoms with van der Waals surface area (Å²) in [4.78, 5) is 4.03. The summed E-state index contributed by atoms with van der Waals surface area (Å²) in [5, 5.41) is 9.85. The molecule has 1 aromatic heterocycles. The van der Waals surface area contributed by atoms with Crippen molar-refractivity contribution in [2.24, 2.45) is 5.92 Å². The van der Waals surface area contributed by atoms with Gasteiger partial charge in [0, 0.05) is 6.54 Å². The molecule has 3 nitrogen and oxygen atoms in total. The Morgan fingerprint density at radius 3 is 3.33 bits per heavy atom. The van der Waals surface area contributed by atoms with E-state index in [-0.39, 0.29) is 6.10 Å². The van der Waals surface area contributed by atoms with Crippen molar-refractivity contribution in [2.45, 2.75) is 32.4 Å². The van der Waals surface area contributed by atoms with Crippen molar-refractivity contribution in [1.82, 2.24) is 9.55 Å². The largest absolute Gasteiger partial charge is 0.387 e. The molecule has 12 heavy (non-hydrogen) atoms. The van der Waals surface area contributed by atoms with E-state index in [1.165, 1.54) is 0 Å². The number of hydrogen-bond donors (Lipinski definition) is 1. The number of rotatable bonds is 1. The molecule has 0 aromatic carbocycles. The third-order valence-corrected chi connectivity index (χ3v) is 2.76. The second kappa shape index (κ2) is 2.90. The molecule has 0 fully saturated rings. The smallest absolute Gasteiger partial charge is 0.0984 e. The van der Waals surface area contributed by atoms with Crippen LogP contribution in [0.15, 0.2) is 12.5 Å². The van der Waals surface area contributed by atoms with E-state index in [4.69, 9.17) is 0 Å². The van der Waals surface area contributed by atoms with Gasteiger partial charge in [0.2, 0.25) is 0 Å². The SMILES string of the molecule is CCC1CCn2cncc2C1O. The van der Waals surface area contributed by atoms with E-state index in [1.54, 1.807) is 12.5 Å².